The van der Waals surface area contributed by atoms with Gasteiger partial charge in [-0.15, -0.1) is 0 Å². The van der Waals surface area contributed by atoms with Crippen LogP contribution in [-0.4, -0.2) is 27.1 Å². The summed E-state index contributed by atoms with van der Waals surface area (Å²) >= 11 is 0. The summed E-state index contributed by atoms with van der Waals surface area (Å²) < 4.78 is 22.5. The van der Waals surface area contributed by atoms with Gasteiger partial charge in [0, 0.05) is 7.11 Å². The third-order valence-corrected chi connectivity index (χ3v) is 3.78. The highest BCUT2D eigenvalue weighted by atomic mass is 16.7. The van der Waals surface area contributed by atoms with E-state index in [4.69, 9.17) is 18.9 Å². The maximum Gasteiger partial charge on any atom is 0.161 e. The quantitative estimate of drug-likeness (QED) is 0.610. The Bertz CT molecular complexity index is 667. The lowest BCUT2D eigenvalue weighted by molar-refractivity contribution is -0.105. The fourth-order valence-corrected chi connectivity index (χ4v) is 2.63. The molecule has 0 bridgehead atoms. The number of methoxy groups -OCH3 is 2. The zero-order chi connectivity index (χ0) is 18.1. The van der Waals surface area contributed by atoms with Crippen molar-refractivity contribution < 1.29 is 18.9 Å². The van der Waals surface area contributed by atoms with Crippen LogP contribution in [0.2, 0.25) is 0 Å². The molecule has 0 aliphatic heterocycles. The number of allylic oxidation sites excluding steroid dienone is 1. The van der Waals surface area contributed by atoms with Crippen molar-refractivity contribution in [1.29, 1.82) is 0 Å². The van der Waals surface area contributed by atoms with Gasteiger partial charge in [-0.1, -0.05) is 48.6 Å². The van der Waals surface area contributed by atoms with E-state index in [9.17, 15) is 0 Å². The van der Waals surface area contributed by atoms with Crippen LogP contribution in [0.1, 0.15) is 31.1 Å². The zero-order valence-corrected chi connectivity index (χ0v) is 15.3. The van der Waals surface area contributed by atoms with Gasteiger partial charge in [-0.05, 0) is 37.1 Å². The fourth-order valence-electron chi connectivity index (χ4n) is 2.63. The van der Waals surface area contributed by atoms with E-state index in [0.717, 1.165) is 11.1 Å². The predicted molar refractivity (Wildman–Crippen MR) is 99.9 cm³/mol. The molecule has 2 atom stereocenters. The summed E-state index contributed by atoms with van der Waals surface area (Å²) in [5.74, 6) is 1.38. The van der Waals surface area contributed by atoms with E-state index in [1.165, 1.54) is 0 Å². The van der Waals surface area contributed by atoms with Gasteiger partial charge in [-0.3, -0.25) is 0 Å². The zero-order valence-electron chi connectivity index (χ0n) is 15.3. The third kappa shape index (κ3) is 5.34. The molecule has 0 aliphatic rings. The van der Waals surface area contributed by atoms with Gasteiger partial charge in [-0.2, -0.15) is 0 Å². The van der Waals surface area contributed by atoms with E-state index in [2.05, 4.69) is 0 Å². The highest BCUT2D eigenvalue weighted by Crippen LogP contribution is 2.32. The van der Waals surface area contributed by atoms with Gasteiger partial charge in [0.25, 0.3) is 0 Å². The number of hydrogen-bond donors (Lipinski definition) is 0. The molecular weight excluding hydrogens is 316 g/mol. The molecule has 4 heteroatoms. The molecule has 0 amide bonds. The Balaban J connectivity index is 2.21. The molecule has 0 fully saturated rings. The van der Waals surface area contributed by atoms with Crippen molar-refractivity contribution in [3.63, 3.8) is 0 Å². The van der Waals surface area contributed by atoms with Crippen LogP contribution in [0.3, 0.4) is 0 Å². The maximum atomic E-state index is 6.15. The van der Waals surface area contributed by atoms with Gasteiger partial charge in [0.2, 0.25) is 0 Å². The second-order valence-corrected chi connectivity index (χ2v) is 5.64. The lowest BCUT2D eigenvalue weighted by Crippen LogP contribution is -2.25. The number of ether oxygens (including phenoxy) is 4. The van der Waals surface area contributed by atoms with Crippen LogP contribution in [0, 0.1) is 0 Å². The molecule has 0 unspecified atom stereocenters. The molecule has 4 nitrogen and oxygen atoms in total. The Morgan fingerprint density at radius 1 is 1.00 bits per heavy atom. The van der Waals surface area contributed by atoms with Gasteiger partial charge in [0.1, 0.15) is 19.0 Å². The molecule has 134 valence electrons. The molecule has 2 aromatic rings. The highest BCUT2D eigenvalue weighted by molar-refractivity contribution is 5.55. The molecule has 2 aromatic carbocycles. The van der Waals surface area contributed by atoms with Crippen LogP contribution in [0.15, 0.2) is 54.6 Å². The average Bonchev–Trinajstić information content (AvgIpc) is 2.64. The van der Waals surface area contributed by atoms with Gasteiger partial charge < -0.3 is 18.9 Å². The largest absolute Gasteiger partial charge is 0.493 e. The van der Waals surface area contributed by atoms with Crippen molar-refractivity contribution in [1.82, 2.24) is 0 Å². The van der Waals surface area contributed by atoms with Crippen molar-refractivity contribution in [3.8, 4) is 11.5 Å². The lowest BCUT2D eigenvalue weighted by atomic mass is 10.1. The van der Waals surface area contributed by atoms with Gasteiger partial charge in [0.15, 0.2) is 11.5 Å². The van der Waals surface area contributed by atoms with Crippen molar-refractivity contribution >= 4 is 6.08 Å². The van der Waals surface area contributed by atoms with Crippen molar-refractivity contribution in [2.24, 2.45) is 0 Å². The summed E-state index contributed by atoms with van der Waals surface area (Å²) in [7, 11) is 3.25. The monoisotopic (exact) mass is 342 g/mol. The first-order valence-corrected chi connectivity index (χ1v) is 8.32. The van der Waals surface area contributed by atoms with Crippen LogP contribution in [0.5, 0.6) is 11.5 Å². The Hall–Kier alpha value is -2.30. The number of rotatable bonds is 9. The van der Waals surface area contributed by atoms with Gasteiger partial charge in [0.05, 0.1) is 7.11 Å². The van der Waals surface area contributed by atoms with Crippen LogP contribution < -0.4 is 9.47 Å². The molecule has 0 heterocycles. The summed E-state index contributed by atoms with van der Waals surface area (Å²) in [6.07, 6.45) is 3.53. The first-order valence-electron chi connectivity index (χ1n) is 8.32. The fraction of sp³-hybridized carbons (Fsp3) is 0.333. The molecule has 0 N–H and O–H groups in total. The minimum absolute atomic E-state index is 0.199. The van der Waals surface area contributed by atoms with E-state index < -0.39 is 0 Å². The van der Waals surface area contributed by atoms with E-state index in [1.807, 2.05) is 74.5 Å². The van der Waals surface area contributed by atoms with E-state index in [0.29, 0.717) is 11.5 Å². The molecule has 2 rings (SSSR count). The minimum Gasteiger partial charge on any atom is -0.493 e. The normalized spacial score (nSPS) is 13.6. The Kier molecular flexibility index (Phi) is 7.51. The van der Waals surface area contributed by atoms with Crippen LogP contribution in [-0.2, 0) is 9.47 Å². The van der Waals surface area contributed by atoms with Crippen molar-refractivity contribution in [2.75, 3.05) is 21.0 Å². The standard InChI is InChI=1S/C21H26O4/c1-5-9-17-12-13-19(20(14-17)23-4)25-16(2)21(24-15-22-3)18-10-7-6-8-11-18/h5-14,16,21H,15H2,1-4H3/b9-5+/t16-,21-/m1/s1. The summed E-state index contributed by atoms with van der Waals surface area (Å²) in [6, 6.07) is 15.9. The summed E-state index contributed by atoms with van der Waals surface area (Å²) in [5, 5.41) is 0. The van der Waals surface area contributed by atoms with Crippen molar-refractivity contribution in [3.05, 3.63) is 65.7 Å². The van der Waals surface area contributed by atoms with Gasteiger partial charge in [-0.25, -0.2) is 0 Å². The smallest absolute Gasteiger partial charge is 0.161 e. The molecule has 0 aliphatic carbocycles. The number of benzene rings is 2. The number of hydrogen-bond acceptors (Lipinski definition) is 4. The SMILES string of the molecule is C/C=C/c1ccc(O[C@H](C)[C@@H](OCOC)c2ccccc2)c(OC)c1. The Morgan fingerprint density at radius 2 is 1.76 bits per heavy atom. The minimum atomic E-state index is -0.249. The lowest BCUT2D eigenvalue weighted by Gasteiger charge is -2.26. The maximum absolute atomic E-state index is 6.15. The third-order valence-electron chi connectivity index (χ3n) is 3.78. The van der Waals surface area contributed by atoms with E-state index in [-0.39, 0.29) is 19.0 Å². The topological polar surface area (TPSA) is 36.9 Å². The predicted octanol–water partition coefficient (Wildman–Crippen LogP) is 4.86. The Labute approximate surface area is 150 Å². The first kappa shape index (κ1) is 19.0. The second kappa shape index (κ2) is 9.87. The van der Waals surface area contributed by atoms with E-state index in [1.54, 1.807) is 14.2 Å². The molecule has 0 aromatic heterocycles. The highest BCUT2D eigenvalue weighted by Gasteiger charge is 2.23. The van der Waals surface area contributed by atoms with Crippen molar-refractivity contribution in [2.45, 2.75) is 26.1 Å². The van der Waals surface area contributed by atoms with Gasteiger partial charge >= 0.3 is 0 Å². The average molecular weight is 342 g/mol. The molecule has 0 radical (unpaired) electrons. The molecule has 0 saturated carbocycles. The summed E-state index contributed by atoms with van der Waals surface area (Å²) in [4.78, 5) is 0. The summed E-state index contributed by atoms with van der Waals surface area (Å²) in [5.41, 5.74) is 2.10. The molecular formula is C21H26O4. The first-order chi connectivity index (χ1) is 12.2. The van der Waals surface area contributed by atoms with Crippen LogP contribution in [0.4, 0.5) is 0 Å². The van der Waals surface area contributed by atoms with Crippen LogP contribution in [0.25, 0.3) is 6.08 Å². The molecule has 0 spiro atoms. The second-order valence-electron chi connectivity index (χ2n) is 5.64. The molecule has 0 saturated heterocycles. The Morgan fingerprint density at radius 3 is 2.40 bits per heavy atom. The van der Waals surface area contributed by atoms with Crippen LogP contribution >= 0.6 is 0 Å². The molecule has 25 heavy (non-hydrogen) atoms. The van der Waals surface area contributed by atoms with E-state index >= 15 is 0 Å². The summed E-state index contributed by atoms with van der Waals surface area (Å²) in [6.45, 7) is 4.16.